The van der Waals surface area contributed by atoms with Gasteiger partial charge >= 0.3 is 6.18 Å². The molecule has 8 heteroatoms. The van der Waals surface area contributed by atoms with Crippen LogP contribution < -0.4 is 16.6 Å². The van der Waals surface area contributed by atoms with Crippen LogP contribution in [0.1, 0.15) is 25.3 Å². The number of nitrogen functional groups attached to an aromatic ring is 1. The molecule has 0 spiro atoms. The molecule has 1 aromatic heterocycles. The van der Waals surface area contributed by atoms with E-state index in [0.717, 1.165) is 25.0 Å². The van der Waals surface area contributed by atoms with Crippen LogP contribution in [0, 0.1) is 5.92 Å². The number of nitrogens with zero attached hydrogens (tertiary/aromatic N) is 1. The average Bonchev–Trinajstić information content (AvgIpc) is 2.46. The lowest BCUT2D eigenvalue weighted by Crippen LogP contribution is -2.31. The quantitative estimate of drug-likeness (QED) is 0.589. The third kappa shape index (κ3) is 4.21. The summed E-state index contributed by atoms with van der Waals surface area (Å²) >= 11 is 0. The van der Waals surface area contributed by atoms with Crippen LogP contribution in [-0.2, 0) is 10.9 Å². The molecule has 1 aromatic rings. The van der Waals surface area contributed by atoms with Crippen LogP contribution in [0.5, 0.6) is 0 Å². The summed E-state index contributed by atoms with van der Waals surface area (Å²) in [4.78, 5) is 4.02. The number of halogens is 3. The predicted octanol–water partition coefficient (Wildman–Crippen LogP) is 2.61. The fourth-order valence-corrected chi connectivity index (χ4v) is 2.41. The van der Waals surface area contributed by atoms with Crippen molar-refractivity contribution in [1.82, 2.24) is 4.98 Å². The monoisotopic (exact) mass is 304 g/mol. The molecule has 1 saturated heterocycles. The van der Waals surface area contributed by atoms with Crippen molar-refractivity contribution in [2.75, 3.05) is 24.0 Å². The van der Waals surface area contributed by atoms with E-state index in [9.17, 15) is 13.2 Å². The number of rotatable bonds is 4. The topological polar surface area (TPSA) is 72.2 Å². The van der Waals surface area contributed by atoms with Crippen molar-refractivity contribution in [2.45, 2.75) is 32.0 Å². The van der Waals surface area contributed by atoms with Crippen LogP contribution in [0.3, 0.4) is 0 Å². The number of ether oxygens (including phenoxy) is 1. The Kier molecular flexibility index (Phi) is 4.89. The first-order chi connectivity index (χ1) is 9.90. The van der Waals surface area contributed by atoms with Gasteiger partial charge in [-0.25, -0.2) is 10.8 Å². The van der Waals surface area contributed by atoms with Crippen LogP contribution >= 0.6 is 0 Å². The van der Waals surface area contributed by atoms with Crippen molar-refractivity contribution in [1.29, 1.82) is 0 Å². The zero-order chi connectivity index (χ0) is 15.5. The number of anilines is 2. The van der Waals surface area contributed by atoms with Gasteiger partial charge in [0.2, 0.25) is 0 Å². The van der Waals surface area contributed by atoms with Gasteiger partial charge in [0.1, 0.15) is 11.6 Å². The van der Waals surface area contributed by atoms with Crippen molar-refractivity contribution >= 4 is 11.6 Å². The molecule has 1 aliphatic heterocycles. The standard InChI is InChI=1S/C13H19F3N4O/c1-8(9-2-4-21-5-3-9)18-11-6-10(13(14,15)16)7-12(19-11)20-17/h6-9H,2-5,17H2,1H3,(H2,18,19,20). The van der Waals surface area contributed by atoms with Crippen molar-refractivity contribution in [3.05, 3.63) is 17.7 Å². The van der Waals surface area contributed by atoms with Crippen LogP contribution in [0.25, 0.3) is 0 Å². The van der Waals surface area contributed by atoms with Crippen LogP contribution in [0.15, 0.2) is 12.1 Å². The van der Waals surface area contributed by atoms with E-state index in [1.54, 1.807) is 0 Å². The average molecular weight is 304 g/mol. The second-order valence-electron chi connectivity index (χ2n) is 5.15. The fraction of sp³-hybridized carbons (Fsp3) is 0.615. The smallest absolute Gasteiger partial charge is 0.381 e. The van der Waals surface area contributed by atoms with Crippen LogP contribution in [-0.4, -0.2) is 24.2 Å². The molecular formula is C13H19F3N4O. The number of aromatic nitrogens is 1. The molecule has 0 saturated carbocycles. The maximum absolute atomic E-state index is 12.8. The highest BCUT2D eigenvalue weighted by atomic mass is 19.4. The minimum absolute atomic E-state index is 0.00973. The summed E-state index contributed by atoms with van der Waals surface area (Å²) in [5, 5.41) is 3.04. The first-order valence-corrected chi connectivity index (χ1v) is 6.80. The number of hydrazine groups is 1. The van der Waals surface area contributed by atoms with Gasteiger partial charge in [-0.15, -0.1) is 0 Å². The lowest BCUT2D eigenvalue weighted by molar-refractivity contribution is -0.137. The summed E-state index contributed by atoms with van der Waals surface area (Å²) in [6.45, 7) is 3.30. The molecule has 2 rings (SSSR count). The van der Waals surface area contributed by atoms with Gasteiger partial charge in [0, 0.05) is 19.3 Å². The van der Waals surface area contributed by atoms with E-state index in [1.807, 2.05) is 6.92 Å². The molecule has 1 aliphatic rings. The molecule has 0 aromatic carbocycles. The number of hydrogen-bond donors (Lipinski definition) is 3. The first kappa shape index (κ1) is 15.8. The minimum atomic E-state index is -4.44. The van der Waals surface area contributed by atoms with Crippen molar-refractivity contribution in [3.63, 3.8) is 0 Å². The molecule has 2 heterocycles. The van der Waals surface area contributed by atoms with Gasteiger partial charge < -0.3 is 15.5 Å². The molecule has 1 fully saturated rings. The molecule has 0 amide bonds. The van der Waals surface area contributed by atoms with Crippen LogP contribution in [0.4, 0.5) is 24.8 Å². The third-order valence-corrected chi connectivity index (χ3v) is 3.65. The van der Waals surface area contributed by atoms with Gasteiger partial charge in [0.25, 0.3) is 0 Å². The number of pyridine rings is 1. The molecule has 21 heavy (non-hydrogen) atoms. The molecule has 1 atom stereocenters. The molecule has 0 radical (unpaired) electrons. The summed E-state index contributed by atoms with van der Waals surface area (Å²) in [6, 6.07) is 1.89. The van der Waals surface area contributed by atoms with E-state index in [1.165, 1.54) is 0 Å². The van der Waals surface area contributed by atoms with Gasteiger partial charge in [0.05, 0.1) is 5.56 Å². The largest absolute Gasteiger partial charge is 0.416 e. The Morgan fingerprint density at radius 3 is 2.48 bits per heavy atom. The summed E-state index contributed by atoms with van der Waals surface area (Å²) in [7, 11) is 0. The van der Waals surface area contributed by atoms with Gasteiger partial charge in [-0.1, -0.05) is 0 Å². The minimum Gasteiger partial charge on any atom is -0.381 e. The molecular weight excluding hydrogens is 285 g/mol. The maximum atomic E-state index is 12.8. The van der Waals surface area contributed by atoms with Gasteiger partial charge in [-0.05, 0) is 37.8 Å². The van der Waals surface area contributed by atoms with Crippen molar-refractivity contribution < 1.29 is 17.9 Å². The Hall–Kier alpha value is -1.54. The highest BCUT2D eigenvalue weighted by molar-refractivity contribution is 5.49. The SMILES string of the molecule is CC(Nc1cc(C(F)(F)F)cc(NN)n1)C1CCOCC1. The van der Waals surface area contributed by atoms with E-state index in [0.29, 0.717) is 19.1 Å². The van der Waals surface area contributed by atoms with E-state index >= 15 is 0 Å². The molecule has 4 N–H and O–H groups in total. The Morgan fingerprint density at radius 2 is 1.90 bits per heavy atom. The molecule has 1 unspecified atom stereocenters. The second kappa shape index (κ2) is 6.48. The summed E-state index contributed by atoms with van der Waals surface area (Å²) in [6.07, 6.45) is -2.67. The van der Waals surface area contributed by atoms with Gasteiger partial charge in [-0.3, -0.25) is 0 Å². The van der Waals surface area contributed by atoms with E-state index in [-0.39, 0.29) is 17.7 Å². The predicted molar refractivity (Wildman–Crippen MR) is 73.7 cm³/mol. The molecule has 0 aliphatic carbocycles. The van der Waals surface area contributed by atoms with Crippen molar-refractivity contribution in [3.8, 4) is 0 Å². The summed E-state index contributed by atoms with van der Waals surface area (Å²) < 4.78 is 43.8. The maximum Gasteiger partial charge on any atom is 0.416 e. The lowest BCUT2D eigenvalue weighted by Gasteiger charge is -2.29. The second-order valence-corrected chi connectivity index (χ2v) is 5.15. The first-order valence-electron chi connectivity index (χ1n) is 6.80. The molecule has 0 bridgehead atoms. The van der Waals surface area contributed by atoms with E-state index in [4.69, 9.17) is 10.6 Å². The number of hydrogen-bond acceptors (Lipinski definition) is 5. The summed E-state index contributed by atoms with van der Waals surface area (Å²) in [5.74, 6) is 5.67. The van der Waals surface area contributed by atoms with Gasteiger partial charge in [-0.2, -0.15) is 13.2 Å². The Bertz CT molecular complexity index is 475. The number of nitrogens with one attached hydrogen (secondary N) is 2. The Labute approximate surface area is 121 Å². The Morgan fingerprint density at radius 1 is 1.29 bits per heavy atom. The Balaban J connectivity index is 2.14. The van der Waals surface area contributed by atoms with Crippen molar-refractivity contribution in [2.24, 2.45) is 11.8 Å². The van der Waals surface area contributed by atoms with Crippen LogP contribution in [0.2, 0.25) is 0 Å². The fourth-order valence-electron chi connectivity index (χ4n) is 2.41. The lowest BCUT2D eigenvalue weighted by atomic mass is 9.93. The summed E-state index contributed by atoms with van der Waals surface area (Å²) in [5.41, 5.74) is 1.38. The molecule has 118 valence electrons. The highest BCUT2D eigenvalue weighted by Crippen LogP contribution is 2.32. The molecule has 5 nitrogen and oxygen atoms in total. The third-order valence-electron chi connectivity index (χ3n) is 3.65. The highest BCUT2D eigenvalue weighted by Gasteiger charge is 2.32. The van der Waals surface area contributed by atoms with E-state index in [2.05, 4.69) is 15.7 Å². The van der Waals surface area contributed by atoms with E-state index < -0.39 is 11.7 Å². The zero-order valence-corrected chi connectivity index (χ0v) is 11.7. The van der Waals surface area contributed by atoms with Gasteiger partial charge in [0.15, 0.2) is 0 Å². The number of nitrogens with two attached hydrogens (primary N) is 1. The zero-order valence-electron chi connectivity index (χ0n) is 11.7. The normalized spacial score (nSPS) is 18.3. The number of alkyl halides is 3.